The van der Waals surface area contributed by atoms with E-state index in [4.69, 9.17) is 16.3 Å². The molecule has 5 heteroatoms. The van der Waals surface area contributed by atoms with E-state index in [2.05, 4.69) is 10.4 Å². The Morgan fingerprint density at radius 1 is 1.44 bits per heavy atom. The highest BCUT2D eigenvalue weighted by Gasteiger charge is 2.10. The molecule has 18 heavy (non-hydrogen) atoms. The monoisotopic (exact) mass is 265 g/mol. The van der Waals surface area contributed by atoms with Gasteiger partial charge in [-0.3, -0.25) is 4.68 Å². The maximum atomic E-state index is 6.18. The number of halogens is 1. The fourth-order valence-corrected chi connectivity index (χ4v) is 1.92. The second kappa shape index (κ2) is 5.89. The van der Waals surface area contributed by atoms with Crippen LogP contribution in [0, 0.1) is 0 Å². The summed E-state index contributed by atoms with van der Waals surface area (Å²) in [6.07, 6.45) is 3.54. The summed E-state index contributed by atoms with van der Waals surface area (Å²) in [4.78, 5) is 0. The van der Waals surface area contributed by atoms with Crippen LogP contribution in [0.5, 0.6) is 11.5 Å². The van der Waals surface area contributed by atoms with E-state index in [9.17, 15) is 0 Å². The molecule has 2 rings (SSSR count). The number of para-hydroxylation sites is 1. The number of aromatic nitrogens is 2. The van der Waals surface area contributed by atoms with Crippen molar-refractivity contribution in [3.05, 3.63) is 41.2 Å². The van der Waals surface area contributed by atoms with Gasteiger partial charge in [-0.15, -0.1) is 0 Å². The van der Waals surface area contributed by atoms with Gasteiger partial charge in [-0.1, -0.05) is 23.7 Å². The van der Waals surface area contributed by atoms with Gasteiger partial charge in [0.2, 0.25) is 0 Å². The van der Waals surface area contributed by atoms with Crippen LogP contribution in [0.1, 0.15) is 12.5 Å². The first-order valence-corrected chi connectivity index (χ1v) is 6.24. The third kappa shape index (κ3) is 2.83. The normalized spacial score (nSPS) is 10.6. The molecule has 0 aliphatic rings. The van der Waals surface area contributed by atoms with Crippen molar-refractivity contribution in [2.24, 2.45) is 0 Å². The van der Waals surface area contributed by atoms with Gasteiger partial charge in [0.15, 0.2) is 11.5 Å². The minimum absolute atomic E-state index is 0.604. The van der Waals surface area contributed by atoms with E-state index < -0.39 is 0 Å². The Labute approximate surface area is 112 Å². The first-order valence-electron chi connectivity index (χ1n) is 5.87. The van der Waals surface area contributed by atoms with Gasteiger partial charge in [0.25, 0.3) is 0 Å². The topological polar surface area (TPSA) is 39.1 Å². The van der Waals surface area contributed by atoms with Crippen LogP contribution in [0.4, 0.5) is 0 Å². The average Bonchev–Trinajstić information content (AvgIpc) is 2.82. The van der Waals surface area contributed by atoms with E-state index in [1.54, 1.807) is 6.20 Å². The maximum absolute atomic E-state index is 6.18. The zero-order valence-electron chi connectivity index (χ0n) is 10.5. The largest absolute Gasteiger partial charge is 0.452 e. The molecule has 0 spiro atoms. The Balaban J connectivity index is 2.26. The Morgan fingerprint density at radius 2 is 2.28 bits per heavy atom. The molecule has 1 aromatic heterocycles. The predicted octanol–water partition coefficient (Wildman–Crippen LogP) is 3.07. The SMILES string of the molecule is CCn1cc(Oc2c(Cl)cccc2CNC)cn1. The molecule has 0 bridgehead atoms. The van der Waals surface area contributed by atoms with Crippen molar-refractivity contribution in [1.29, 1.82) is 0 Å². The van der Waals surface area contributed by atoms with Gasteiger partial charge >= 0.3 is 0 Å². The van der Waals surface area contributed by atoms with Crippen molar-refractivity contribution in [3.8, 4) is 11.5 Å². The summed E-state index contributed by atoms with van der Waals surface area (Å²) in [6, 6.07) is 5.72. The van der Waals surface area contributed by atoms with Gasteiger partial charge in [0, 0.05) is 18.7 Å². The maximum Gasteiger partial charge on any atom is 0.165 e. The van der Waals surface area contributed by atoms with Gasteiger partial charge in [0.1, 0.15) is 0 Å². The lowest BCUT2D eigenvalue weighted by molar-refractivity contribution is 0.473. The predicted molar refractivity (Wildman–Crippen MR) is 72.2 cm³/mol. The number of rotatable bonds is 5. The number of ether oxygens (including phenoxy) is 1. The van der Waals surface area contributed by atoms with Crippen LogP contribution < -0.4 is 10.1 Å². The molecule has 0 unspecified atom stereocenters. The van der Waals surface area contributed by atoms with Crippen LogP contribution in [-0.4, -0.2) is 16.8 Å². The molecule has 96 valence electrons. The van der Waals surface area contributed by atoms with Crippen molar-refractivity contribution < 1.29 is 4.74 Å². The fourth-order valence-electron chi connectivity index (χ4n) is 1.69. The quantitative estimate of drug-likeness (QED) is 0.903. The van der Waals surface area contributed by atoms with Gasteiger partial charge in [0.05, 0.1) is 17.4 Å². The van der Waals surface area contributed by atoms with Crippen molar-refractivity contribution in [2.45, 2.75) is 20.0 Å². The highest BCUT2D eigenvalue weighted by atomic mass is 35.5. The molecule has 1 heterocycles. The second-order valence-corrected chi connectivity index (χ2v) is 4.30. The second-order valence-electron chi connectivity index (χ2n) is 3.89. The van der Waals surface area contributed by atoms with Crippen LogP contribution in [-0.2, 0) is 13.1 Å². The van der Waals surface area contributed by atoms with Crippen LogP contribution in [0.2, 0.25) is 5.02 Å². The molecule has 0 radical (unpaired) electrons. The number of nitrogens with zero attached hydrogens (tertiary/aromatic N) is 2. The standard InChI is InChI=1S/C13H16ClN3O/c1-3-17-9-11(8-16-17)18-13-10(7-15-2)5-4-6-12(13)14/h4-6,8-9,15H,3,7H2,1-2H3. The molecule has 0 saturated carbocycles. The van der Waals surface area contributed by atoms with Crippen molar-refractivity contribution in [1.82, 2.24) is 15.1 Å². The van der Waals surface area contributed by atoms with E-state index in [0.717, 1.165) is 12.1 Å². The Hall–Kier alpha value is -1.52. The lowest BCUT2D eigenvalue weighted by Gasteiger charge is -2.11. The Bertz CT molecular complexity index is 525. The summed E-state index contributed by atoms with van der Waals surface area (Å²) in [5.41, 5.74) is 1.02. The minimum Gasteiger partial charge on any atom is -0.452 e. The van der Waals surface area contributed by atoms with Crippen molar-refractivity contribution in [3.63, 3.8) is 0 Å². The smallest absolute Gasteiger partial charge is 0.165 e. The number of nitrogens with one attached hydrogen (secondary N) is 1. The highest BCUT2D eigenvalue weighted by molar-refractivity contribution is 6.32. The van der Waals surface area contributed by atoms with Crippen LogP contribution in [0.15, 0.2) is 30.6 Å². The number of benzene rings is 1. The minimum atomic E-state index is 0.604. The molecule has 0 saturated heterocycles. The van der Waals surface area contributed by atoms with E-state index in [-0.39, 0.29) is 0 Å². The summed E-state index contributed by atoms with van der Waals surface area (Å²) in [7, 11) is 1.89. The first kappa shape index (κ1) is 12.9. The Kier molecular flexibility index (Phi) is 4.23. The first-order chi connectivity index (χ1) is 8.74. The number of hydrogen-bond acceptors (Lipinski definition) is 3. The molecular formula is C13H16ClN3O. The molecule has 0 fully saturated rings. The molecule has 0 aliphatic heterocycles. The molecule has 0 atom stereocenters. The average molecular weight is 266 g/mol. The van der Waals surface area contributed by atoms with Gasteiger partial charge in [-0.2, -0.15) is 5.10 Å². The van der Waals surface area contributed by atoms with Crippen molar-refractivity contribution in [2.75, 3.05) is 7.05 Å². The molecular weight excluding hydrogens is 250 g/mol. The summed E-state index contributed by atoms with van der Waals surface area (Å²) < 4.78 is 7.63. The lowest BCUT2D eigenvalue weighted by atomic mass is 10.2. The van der Waals surface area contributed by atoms with E-state index >= 15 is 0 Å². The van der Waals surface area contributed by atoms with Crippen LogP contribution in [0.3, 0.4) is 0 Å². The highest BCUT2D eigenvalue weighted by Crippen LogP contribution is 2.32. The molecule has 1 N–H and O–H groups in total. The van der Waals surface area contributed by atoms with Gasteiger partial charge in [-0.05, 0) is 20.0 Å². The summed E-state index contributed by atoms with van der Waals surface area (Å²) in [5, 5.41) is 7.87. The van der Waals surface area contributed by atoms with Crippen molar-refractivity contribution >= 4 is 11.6 Å². The third-order valence-corrected chi connectivity index (χ3v) is 2.87. The zero-order valence-corrected chi connectivity index (χ0v) is 11.2. The zero-order chi connectivity index (χ0) is 13.0. The Morgan fingerprint density at radius 3 is 2.94 bits per heavy atom. The van der Waals surface area contributed by atoms with Gasteiger partial charge in [-0.25, -0.2) is 0 Å². The molecule has 0 amide bonds. The summed E-state index contributed by atoms with van der Waals surface area (Å²) in [6.45, 7) is 3.55. The molecule has 0 aliphatic carbocycles. The van der Waals surface area contributed by atoms with E-state index in [1.807, 2.05) is 43.0 Å². The lowest BCUT2D eigenvalue weighted by Crippen LogP contribution is -2.06. The van der Waals surface area contributed by atoms with E-state index in [0.29, 0.717) is 23.1 Å². The van der Waals surface area contributed by atoms with Crippen LogP contribution >= 0.6 is 11.6 Å². The molecule has 1 aromatic carbocycles. The van der Waals surface area contributed by atoms with E-state index in [1.165, 1.54) is 0 Å². The molecule has 2 aromatic rings. The third-order valence-electron chi connectivity index (χ3n) is 2.57. The van der Waals surface area contributed by atoms with Crippen LogP contribution in [0.25, 0.3) is 0 Å². The number of aryl methyl sites for hydroxylation is 1. The fraction of sp³-hybridized carbons (Fsp3) is 0.308. The summed E-state index contributed by atoms with van der Waals surface area (Å²) in [5.74, 6) is 1.38. The summed E-state index contributed by atoms with van der Waals surface area (Å²) >= 11 is 6.18. The van der Waals surface area contributed by atoms with Gasteiger partial charge < -0.3 is 10.1 Å². The number of hydrogen-bond donors (Lipinski definition) is 1. The molecule has 4 nitrogen and oxygen atoms in total.